The van der Waals surface area contributed by atoms with Gasteiger partial charge in [0.1, 0.15) is 0 Å². The molecule has 1 nitrogen and oxygen atoms in total. The first-order valence-electron chi connectivity index (χ1n) is 8.84. The van der Waals surface area contributed by atoms with Gasteiger partial charge in [0.2, 0.25) is 0 Å². The average molecular weight is 303 g/mol. The molecule has 1 aliphatic carbocycles. The van der Waals surface area contributed by atoms with Crippen LogP contribution in [0.1, 0.15) is 50.2 Å². The molecule has 0 amide bonds. The molecular formula is C22H25N. The van der Waals surface area contributed by atoms with Crippen molar-refractivity contribution in [2.24, 2.45) is 11.8 Å². The summed E-state index contributed by atoms with van der Waals surface area (Å²) in [4.78, 5) is 0. The zero-order valence-corrected chi connectivity index (χ0v) is 14.0. The van der Waals surface area contributed by atoms with E-state index in [4.69, 9.17) is 5.26 Å². The Kier molecular flexibility index (Phi) is 5.13. The van der Waals surface area contributed by atoms with E-state index < -0.39 is 0 Å². The predicted molar refractivity (Wildman–Crippen MR) is 96.0 cm³/mol. The van der Waals surface area contributed by atoms with Crippen LogP contribution in [0.3, 0.4) is 0 Å². The number of hydrogen-bond acceptors (Lipinski definition) is 1. The van der Waals surface area contributed by atoms with Crippen molar-refractivity contribution >= 4 is 0 Å². The van der Waals surface area contributed by atoms with Crippen LogP contribution in [0.5, 0.6) is 0 Å². The molecule has 0 aliphatic heterocycles. The van der Waals surface area contributed by atoms with Crippen LogP contribution in [0.25, 0.3) is 11.1 Å². The molecule has 0 heterocycles. The largest absolute Gasteiger partial charge is 0.192 e. The molecule has 0 aromatic heterocycles. The number of aryl methyl sites for hydroxylation is 1. The standard InChI is InChI=1S/C22H25N/c1-17-2-4-18(5-3-17)6-7-19-8-12-21(13-9-19)22-14-10-20(16-23)11-15-22/h8-15,17-18H,2-7H2,1H3. The highest BCUT2D eigenvalue weighted by Gasteiger charge is 2.17. The molecule has 2 aromatic carbocycles. The number of hydrogen-bond donors (Lipinski definition) is 0. The van der Waals surface area contributed by atoms with Crippen molar-refractivity contribution in [2.45, 2.75) is 45.4 Å². The summed E-state index contributed by atoms with van der Waals surface area (Å²) < 4.78 is 0. The Labute approximate surface area is 140 Å². The van der Waals surface area contributed by atoms with Gasteiger partial charge in [-0.05, 0) is 53.5 Å². The van der Waals surface area contributed by atoms with Crippen LogP contribution >= 0.6 is 0 Å². The highest BCUT2D eigenvalue weighted by molar-refractivity contribution is 5.64. The topological polar surface area (TPSA) is 23.8 Å². The minimum absolute atomic E-state index is 0.715. The molecule has 0 saturated heterocycles. The Morgan fingerprint density at radius 2 is 1.43 bits per heavy atom. The first kappa shape index (κ1) is 15.8. The van der Waals surface area contributed by atoms with E-state index in [9.17, 15) is 0 Å². The lowest BCUT2D eigenvalue weighted by Gasteiger charge is -2.26. The molecule has 0 spiro atoms. The minimum Gasteiger partial charge on any atom is -0.192 e. The second kappa shape index (κ2) is 7.47. The summed E-state index contributed by atoms with van der Waals surface area (Å²) in [5.74, 6) is 1.88. The van der Waals surface area contributed by atoms with E-state index >= 15 is 0 Å². The molecule has 0 atom stereocenters. The molecule has 1 heteroatoms. The maximum atomic E-state index is 8.87. The third kappa shape index (κ3) is 4.23. The molecule has 118 valence electrons. The number of nitriles is 1. The smallest absolute Gasteiger partial charge is 0.0991 e. The van der Waals surface area contributed by atoms with E-state index in [0.29, 0.717) is 5.56 Å². The van der Waals surface area contributed by atoms with Crippen LogP contribution in [0, 0.1) is 23.2 Å². The van der Waals surface area contributed by atoms with Gasteiger partial charge < -0.3 is 0 Å². The predicted octanol–water partition coefficient (Wildman–Crippen LogP) is 5.98. The quantitative estimate of drug-likeness (QED) is 0.681. The van der Waals surface area contributed by atoms with Crippen molar-refractivity contribution in [3.63, 3.8) is 0 Å². The third-order valence-electron chi connectivity index (χ3n) is 5.28. The summed E-state index contributed by atoms with van der Waals surface area (Å²) in [6.07, 6.45) is 8.22. The third-order valence-corrected chi connectivity index (χ3v) is 5.28. The summed E-state index contributed by atoms with van der Waals surface area (Å²) in [6, 6.07) is 18.9. The van der Waals surface area contributed by atoms with Crippen LogP contribution < -0.4 is 0 Å². The number of benzene rings is 2. The van der Waals surface area contributed by atoms with Crippen molar-refractivity contribution in [2.75, 3.05) is 0 Å². The molecule has 23 heavy (non-hydrogen) atoms. The summed E-state index contributed by atoms with van der Waals surface area (Å²) in [6.45, 7) is 2.39. The van der Waals surface area contributed by atoms with Gasteiger partial charge in [-0.2, -0.15) is 5.26 Å². The lowest BCUT2D eigenvalue weighted by molar-refractivity contribution is 0.278. The summed E-state index contributed by atoms with van der Waals surface area (Å²) >= 11 is 0. The summed E-state index contributed by atoms with van der Waals surface area (Å²) in [5.41, 5.74) is 4.56. The first-order chi connectivity index (χ1) is 11.2. The lowest BCUT2D eigenvalue weighted by atomic mass is 9.80. The van der Waals surface area contributed by atoms with Crippen molar-refractivity contribution < 1.29 is 0 Å². The second-order valence-electron chi connectivity index (χ2n) is 7.05. The molecule has 1 aliphatic rings. The van der Waals surface area contributed by atoms with Gasteiger partial charge in [-0.3, -0.25) is 0 Å². The Morgan fingerprint density at radius 1 is 0.870 bits per heavy atom. The van der Waals surface area contributed by atoms with Gasteiger partial charge >= 0.3 is 0 Å². The normalized spacial score (nSPS) is 20.9. The van der Waals surface area contributed by atoms with Crippen molar-refractivity contribution in [3.05, 3.63) is 59.7 Å². The Balaban J connectivity index is 1.57. The van der Waals surface area contributed by atoms with E-state index in [1.165, 1.54) is 55.2 Å². The van der Waals surface area contributed by atoms with E-state index in [1.54, 1.807) is 0 Å². The molecule has 1 saturated carbocycles. The Hall–Kier alpha value is -2.07. The van der Waals surface area contributed by atoms with E-state index in [1.807, 2.05) is 24.3 Å². The van der Waals surface area contributed by atoms with Crippen molar-refractivity contribution in [3.8, 4) is 17.2 Å². The maximum Gasteiger partial charge on any atom is 0.0991 e. The molecule has 2 aromatic rings. The molecule has 0 N–H and O–H groups in total. The molecule has 1 fully saturated rings. The lowest BCUT2D eigenvalue weighted by Crippen LogP contribution is -2.12. The fourth-order valence-corrected chi connectivity index (χ4v) is 3.59. The second-order valence-corrected chi connectivity index (χ2v) is 7.05. The highest BCUT2D eigenvalue weighted by atomic mass is 14.2. The Morgan fingerprint density at radius 3 is 2.00 bits per heavy atom. The van der Waals surface area contributed by atoms with Gasteiger partial charge in [0.25, 0.3) is 0 Å². The number of rotatable bonds is 4. The zero-order chi connectivity index (χ0) is 16.1. The minimum atomic E-state index is 0.715. The van der Waals surface area contributed by atoms with Gasteiger partial charge in [-0.15, -0.1) is 0 Å². The molecule has 0 radical (unpaired) electrons. The van der Waals surface area contributed by atoms with E-state index in [2.05, 4.69) is 37.3 Å². The molecular weight excluding hydrogens is 278 g/mol. The van der Waals surface area contributed by atoms with E-state index in [0.717, 1.165) is 11.8 Å². The van der Waals surface area contributed by atoms with Crippen molar-refractivity contribution in [1.82, 2.24) is 0 Å². The fraction of sp³-hybridized carbons (Fsp3) is 0.409. The summed E-state index contributed by atoms with van der Waals surface area (Å²) in [5, 5.41) is 8.87. The maximum absolute atomic E-state index is 8.87. The van der Waals surface area contributed by atoms with Crippen LogP contribution in [-0.4, -0.2) is 0 Å². The van der Waals surface area contributed by atoms with Gasteiger partial charge in [-0.1, -0.05) is 69.0 Å². The van der Waals surface area contributed by atoms with Gasteiger partial charge in [0.15, 0.2) is 0 Å². The van der Waals surface area contributed by atoms with Gasteiger partial charge in [0, 0.05) is 0 Å². The van der Waals surface area contributed by atoms with Crippen LogP contribution in [0.15, 0.2) is 48.5 Å². The zero-order valence-electron chi connectivity index (χ0n) is 14.0. The molecule has 0 bridgehead atoms. The Bertz CT molecular complexity index is 653. The fourth-order valence-electron chi connectivity index (χ4n) is 3.59. The van der Waals surface area contributed by atoms with E-state index in [-0.39, 0.29) is 0 Å². The SMILES string of the molecule is CC1CCC(CCc2ccc(-c3ccc(C#N)cc3)cc2)CC1. The highest BCUT2D eigenvalue weighted by Crippen LogP contribution is 2.31. The summed E-state index contributed by atoms with van der Waals surface area (Å²) in [7, 11) is 0. The first-order valence-corrected chi connectivity index (χ1v) is 8.84. The van der Waals surface area contributed by atoms with Crippen LogP contribution in [0.4, 0.5) is 0 Å². The van der Waals surface area contributed by atoms with Gasteiger partial charge in [0.05, 0.1) is 11.6 Å². The average Bonchev–Trinajstić information content (AvgIpc) is 2.62. The van der Waals surface area contributed by atoms with Crippen LogP contribution in [0.2, 0.25) is 0 Å². The van der Waals surface area contributed by atoms with Crippen LogP contribution in [-0.2, 0) is 6.42 Å². The molecule has 0 unspecified atom stereocenters. The van der Waals surface area contributed by atoms with Gasteiger partial charge in [-0.25, -0.2) is 0 Å². The molecule has 3 rings (SSSR count). The van der Waals surface area contributed by atoms with Crippen molar-refractivity contribution in [1.29, 1.82) is 5.26 Å². The monoisotopic (exact) mass is 303 g/mol. The number of nitrogens with zero attached hydrogens (tertiary/aromatic N) is 1.